The molecule has 17 heavy (non-hydrogen) atoms. The van der Waals surface area contributed by atoms with Crippen LogP contribution in [0, 0.1) is 16.2 Å². The molecule has 0 aromatic heterocycles. The number of carboxylic acids is 2. The average Bonchev–Trinajstić information content (AvgIpc) is 1.97. The molecule has 0 spiro atoms. The Kier molecular flexibility index (Phi) is 3.87. The predicted octanol–water partition coefficient (Wildman–Crippen LogP) is 1.51. The Morgan fingerprint density at radius 2 is 1.41 bits per heavy atom. The maximum atomic E-state index is 11.5. The van der Waals surface area contributed by atoms with Gasteiger partial charge in [0.25, 0.3) is 6.21 Å². The predicted molar refractivity (Wildman–Crippen MR) is 60.6 cm³/mol. The zero-order valence-corrected chi connectivity index (χ0v) is 10.7. The molecule has 0 aliphatic heterocycles. The summed E-state index contributed by atoms with van der Waals surface area (Å²) in [5.41, 5.74) is 4.08. The number of hydrogen-bond donors (Lipinski definition) is 2. The van der Waals surface area contributed by atoms with Crippen LogP contribution in [0.15, 0.2) is 0 Å². The molecule has 6 nitrogen and oxygen atoms in total. The Morgan fingerprint density at radius 1 is 1.06 bits per heavy atom. The third kappa shape index (κ3) is 2.08. The summed E-state index contributed by atoms with van der Waals surface area (Å²) in [6.07, 6.45) is 0.945. The largest absolute Gasteiger partial charge is 0.480 e. The lowest BCUT2D eigenvalue weighted by atomic mass is 9.53. The molecule has 0 aliphatic rings. The maximum absolute atomic E-state index is 11.5. The van der Waals surface area contributed by atoms with Crippen molar-refractivity contribution in [3.8, 4) is 0 Å². The van der Waals surface area contributed by atoms with Crippen molar-refractivity contribution in [1.29, 1.82) is 0 Å². The van der Waals surface area contributed by atoms with Crippen molar-refractivity contribution in [3.05, 3.63) is 5.53 Å². The molecule has 96 valence electrons. The average molecular weight is 242 g/mol. The molecule has 0 fully saturated rings. The fraction of sp³-hybridized carbons (Fsp3) is 0.727. The number of nitrogens with zero attached hydrogens (tertiary/aromatic N) is 2. The second-order valence-corrected chi connectivity index (χ2v) is 5.58. The number of hydrogen-bond acceptors (Lipinski definition) is 2. The lowest BCUT2D eigenvalue weighted by Crippen LogP contribution is -2.59. The van der Waals surface area contributed by atoms with Gasteiger partial charge in [-0.2, -0.15) is 4.79 Å². The van der Waals surface area contributed by atoms with Gasteiger partial charge in [-0.05, 0) is 19.3 Å². The number of carboxylic acid groups (broad SMARTS) is 2. The molecule has 0 aliphatic carbocycles. The minimum atomic E-state index is -2.09. The summed E-state index contributed by atoms with van der Waals surface area (Å²) >= 11 is 0. The van der Waals surface area contributed by atoms with Crippen molar-refractivity contribution < 1.29 is 24.6 Å². The molecule has 0 aromatic rings. The Morgan fingerprint density at radius 3 is 1.59 bits per heavy atom. The van der Waals surface area contributed by atoms with Crippen LogP contribution in [0.3, 0.4) is 0 Å². The molecular weight excluding hydrogens is 224 g/mol. The van der Waals surface area contributed by atoms with Gasteiger partial charge in [0, 0.05) is 0 Å². The van der Waals surface area contributed by atoms with Crippen molar-refractivity contribution in [2.75, 3.05) is 0 Å². The first kappa shape index (κ1) is 15.3. The first-order valence-electron chi connectivity index (χ1n) is 5.10. The Hall–Kier alpha value is -1.68. The van der Waals surface area contributed by atoms with Crippen molar-refractivity contribution in [1.82, 2.24) is 0 Å². The second-order valence-electron chi connectivity index (χ2n) is 5.58. The zero-order chi connectivity index (χ0) is 14.1. The third-order valence-corrected chi connectivity index (χ3v) is 3.11. The van der Waals surface area contributed by atoms with Crippen molar-refractivity contribution in [2.45, 2.75) is 34.6 Å². The van der Waals surface area contributed by atoms with E-state index < -0.39 is 28.2 Å². The van der Waals surface area contributed by atoms with Crippen LogP contribution in [0.1, 0.15) is 34.6 Å². The van der Waals surface area contributed by atoms with E-state index in [1.807, 2.05) is 0 Å². The maximum Gasteiger partial charge on any atom is 0.322 e. The van der Waals surface area contributed by atoms with E-state index in [2.05, 4.69) is 4.79 Å². The van der Waals surface area contributed by atoms with Gasteiger partial charge in [-0.1, -0.05) is 20.8 Å². The molecule has 0 bridgehead atoms. The van der Waals surface area contributed by atoms with E-state index in [0.717, 1.165) is 6.21 Å². The molecule has 0 radical (unpaired) electrons. The van der Waals surface area contributed by atoms with E-state index in [1.165, 1.54) is 34.6 Å². The third-order valence-electron chi connectivity index (χ3n) is 3.11. The fourth-order valence-electron chi connectivity index (χ4n) is 2.49. The van der Waals surface area contributed by atoms with E-state index in [1.54, 1.807) is 0 Å². The quantitative estimate of drug-likeness (QED) is 0.337. The highest BCUT2D eigenvalue weighted by Crippen LogP contribution is 2.51. The van der Waals surface area contributed by atoms with E-state index in [-0.39, 0.29) is 0 Å². The number of carbonyl (C=O) groups is 2. The summed E-state index contributed by atoms with van der Waals surface area (Å²) in [5, 5.41) is 18.7. The molecule has 0 amide bonds. The molecule has 0 rings (SSSR count). The van der Waals surface area contributed by atoms with Crippen molar-refractivity contribution in [3.63, 3.8) is 0 Å². The Labute approximate surface area is 99.9 Å². The molecule has 0 heterocycles. The monoisotopic (exact) mass is 242 g/mol. The van der Waals surface area contributed by atoms with Crippen LogP contribution in [0.5, 0.6) is 0 Å². The highest BCUT2D eigenvalue weighted by atomic mass is 16.4. The molecule has 6 heteroatoms. The number of rotatable bonds is 4. The van der Waals surface area contributed by atoms with E-state index in [9.17, 15) is 19.8 Å². The molecule has 0 saturated carbocycles. The minimum absolute atomic E-state index is 0.945. The van der Waals surface area contributed by atoms with Crippen molar-refractivity contribution in [2.24, 2.45) is 16.2 Å². The molecular formula is C11H18N2O4. The van der Waals surface area contributed by atoms with Gasteiger partial charge in [-0.25, -0.2) is 0 Å². The van der Waals surface area contributed by atoms with E-state index in [0.29, 0.717) is 0 Å². The molecule has 0 atom stereocenters. The Balaban J connectivity index is 6.31. The fourth-order valence-corrected chi connectivity index (χ4v) is 2.49. The lowest BCUT2D eigenvalue weighted by Gasteiger charge is -2.44. The summed E-state index contributed by atoms with van der Waals surface area (Å²) < 4.78 is 0. The first-order valence-corrected chi connectivity index (χ1v) is 5.10. The minimum Gasteiger partial charge on any atom is -0.480 e. The highest BCUT2D eigenvalue weighted by molar-refractivity contribution is 6.03. The zero-order valence-electron chi connectivity index (χ0n) is 10.7. The van der Waals surface area contributed by atoms with Crippen LogP contribution < -0.4 is 0 Å². The lowest BCUT2D eigenvalue weighted by molar-refractivity contribution is -0.184. The molecule has 0 aromatic carbocycles. The van der Waals surface area contributed by atoms with Crippen LogP contribution in [-0.2, 0) is 9.59 Å². The van der Waals surface area contributed by atoms with Crippen LogP contribution >= 0.6 is 0 Å². The highest BCUT2D eigenvalue weighted by Gasteiger charge is 2.66. The summed E-state index contributed by atoms with van der Waals surface area (Å²) in [6, 6.07) is 0. The van der Waals surface area contributed by atoms with E-state index >= 15 is 0 Å². The summed E-state index contributed by atoms with van der Waals surface area (Å²) in [6.45, 7) is 7.42. The van der Waals surface area contributed by atoms with Gasteiger partial charge >= 0.3 is 11.9 Å². The van der Waals surface area contributed by atoms with Gasteiger partial charge in [-0.15, -0.1) is 0 Å². The summed E-state index contributed by atoms with van der Waals surface area (Å²) in [4.78, 5) is 25.8. The van der Waals surface area contributed by atoms with Crippen LogP contribution in [0.2, 0.25) is 0 Å². The van der Waals surface area contributed by atoms with Crippen LogP contribution in [0.25, 0.3) is 5.53 Å². The Bertz CT molecular complexity index is 373. The van der Waals surface area contributed by atoms with Gasteiger partial charge in [0.05, 0.1) is 5.41 Å². The first-order chi connectivity index (χ1) is 7.45. The molecule has 0 unspecified atom stereocenters. The topological polar surface area (TPSA) is 111 Å². The molecule has 2 N–H and O–H groups in total. The second kappa shape index (κ2) is 4.30. The van der Waals surface area contributed by atoms with Gasteiger partial charge in [0.2, 0.25) is 0 Å². The molecule has 0 saturated heterocycles. The van der Waals surface area contributed by atoms with Crippen molar-refractivity contribution >= 4 is 18.2 Å². The van der Waals surface area contributed by atoms with Gasteiger partial charge in [0.1, 0.15) is 0 Å². The smallest absolute Gasteiger partial charge is 0.322 e. The standard InChI is InChI=1S/C11H18N2O4/c1-9(2,3)11(7(14)15,8(16)17)10(4,5)6-13-12/h6H,1-5H3,(H,14,15)(H,16,17). The summed E-state index contributed by atoms with van der Waals surface area (Å²) in [7, 11) is 0. The normalized spacial score (nSPS) is 12.8. The SMILES string of the molecule is CC(C)(C)C(C(=O)O)(C(=O)O)C(C)(C)C=[N+]=[N-]. The van der Waals surface area contributed by atoms with E-state index in [4.69, 9.17) is 5.53 Å². The van der Waals surface area contributed by atoms with Crippen LogP contribution in [0.4, 0.5) is 0 Å². The van der Waals surface area contributed by atoms with Gasteiger partial charge < -0.3 is 15.7 Å². The van der Waals surface area contributed by atoms with Crippen LogP contribution in [-0.4, -0.2) is 33.2 Å². The number of aliphatic carboxylic acids is 2. The van der Waals surface area contributed by atoms with Gasteiger partial charge in [0.15, 0.2) is 5.41 Å². The summed E-state index contributed by atoms with van der Waals surface area (Å²) in [5.74, 6) is -2.91. The van der Waals surface area contributed by atoms with Gasteiger partial charge in [-0.3, -0.25) is 9.59 Å².